The molecule has 7 rings (SSSR count). The van der Waals surface area contributed by atoms with Crippen molar-refractivity contribution in [1.29, 1.82) is 0 Å². The largest absolute Gasteiger partial charge is 0.453 e. The number of rotatable bonds is 6. The van der Waals surface area contributed by atoms with Crippen LogP contribution < -0.4 is 19.5 Å². The Bertz CT molecular complexity index is 1910. The number of amides is 2. The van der Waals surface area contributed by atoms with Crippen molar-refractivity contribution in [2.75, 3.05) is 37.9 Å². The van der Waals surface area contributed by atoms with Crippen LogP contribution in [-0.2, 0) is 30.9 Å². The number of carbonyl (C=O) groups excluding carboxylic acids is 2. The summed E-state index contributed by atoms with van der Waals surface area (Å²) >= 11 is 0. The molecule has 17 heteroatoms. The van der Waals surface area contributed by atoms with E-state index >= 15 is 0 Å². The Labute approximate surface area is 267 Å². The van der Waals surface area contributed by atoms with Gasteiger partial charge >= 0.3 is 22.5 Å². The summed E-state index contributed by atoms with van der Waals surface area (Å²) in [7, 11) is -2.38. The first-order valence-electron chi connectivity index (χ1n) is 14.6. The zero-order valence-corrected chi connectivity index (χ0v) is 25.9. The minimum Gasteiger partial charge on any atom is -0.453 e. The van der Waals surface area contributed by atoms with Gasteiger partial charge in [0.25, 0.3) is 0 Å². The molecular weight excluding hydrogens is 640 g/mol. The number of carbonyl (C=O) groups is 2. The number of benzene rings is 3. The number of likely N-dealkylation sites (tertiary alicyclic amines) is 2. The molecule has 2 amide bonds. The molecule has 3 N–H and O–H groups in total. The van der Waals surface area contributed by atoms with Gasteiger partial charge in [-0.1, -0.05) is 36.4 Å². The van der Waals surface area contributed by atoms with Crippen LogP contribution >= 0.6 is 0 Å². The van der Waals surface area contributed by atoms with Crippen molar-refractivity contribution in [3.8, 4) is 5.75 Å². The minimum absolute atomic E-state index is 0.0487. The van der Waals surface area contributed by atoms with Gasteiger partial charge in [-0.2, -0.15) is 23.4 Å². The van der Waals surface area contributed by atoms with Crippen molar-refractivity contribution in [2.45, 2.75) is 36.3 Å². The summed E-state index contributed by atoms with van der Waals surface area (Å²) in [6.07, 6.45) is -2.38. The van der Waals surface area contributed by atoms with E-state index in [-0.39, 0.29) is 13.0 Å². The second-order valence-corrected chi connectivity index (χ2v) is 12.7. The summed E-state index contributed by atoms with van der Waals surface area (Å²) in [5, 5.41) is 16.1. The second kappa shape index (κ2) is 11.0. The number of anilines is 2. The average molecular weight is 670 g/mol. The maximum atomic E-state index is 14.4. The molecule has 3 aromatic carbocycles. The fourth-order valence-electron chi connectivity index (χ4n) is 7.03. The molecule has 246 valence electrons. The van der Waals surface area contributed by atoms with E-state index in [1.807, 2.05) is 24.3 Å². The van der Waals surface area contributed by atoms with Crippen molar-refractivity contribution >= 4 is 39.6 Å². The van der Waals surface area contributed by atoms with E-state index in [1.165, 1.54) is 19.1 Å². The number of fused-ring (bicyclic) bond motifs is 6. The van der Waals surface area contributed by atoms with Crippen LogP contribution in [0, 0.1) is 11.6 Å². The molecule has 0 aliphatic carbocycles. The Morgan fingerprint density at radius 2 is 1.51 bits per heavy atom. The highest BCUT2D eigenvalue weighted by atomic mass is 32.2. The van der Waals surface area contributed by atoms with Crippen LogP contribution in [0.5, 0.6) is 5.75 Å². The zero-order chi connectivity index (χ0) is 33.1. The first-order valence-corrected chi connectivity index (χ1v) is 16.0. The predicted molar refractivity (Wildman–Crippen MR) is 162 cm³/mol. The maximum Gasteiger partial charge on any atom is 0.411 e. The number of hydrogen-bond donors (Lipinski definition) is 3. The van der Waals surface area contributed by atoms with Crippen LogP contribution in [0.15, 0.2) is 70.9 Å². The van der Waals surface area contributed by atoms with Gasteiger partial charge < -0.3 is 24.3 Å². The van der Waals surface area contributed by atoms with Gasteiger partial charge in [-0.05, 0) is 30.7 Å². The van der Waals surface area contributed by atoms with Crippen LogP contribution in [-0.4, -0.2) is 70.0 Å². The number of halogens is 2. The van der Waals surface area contributed by atoms with Crippen LogP contribution in [0.2, 0.25) is 0 Å². The second-order valence-electron chi connectivity index (χ2n) is 11.5. The molecule has 4 atom stereocenters. The van der Waals surface area contributed by atoms with E-state index in [2.05, 4.69) is 20.5 Å². The monoisotopic (exact) mass is 669 g/mol. The molecule has 47 heavy (non-hydrogen) atoms. The lowest BCUT2D eigenvalue weighted by atomic mass is 9.89. The van der Waals surface area contributed by atoms with E-state index in [0.717, 1.165) is 29.4 Å². The predicted octanol–water partition coefficient (Wildman–Crippen LogP) is 4.50. The molecule has 2 unspecified atom stereocenters. The lowest BCUT2D eigenvalue weighted by molar-refractivity contribution is 0.116. The molecule has 14 nitrogen and oxygen atoms in total. The molecule has 0 radical (unpaired) electrons. The van der Waals surface area contributed by atoms with E-state index < -0.39 is 63.3 Å². The van der Waals surface area contributed by atoms with E-state index in [4.69, 9.17) is 18.8 Å². The van der Waals surface area contributed by atoms with E-state index in [9.17, 15) is 26.8 Å². The Balaban J connectivity index is 1.28. The van der Waals surface area contributed by atoms with Crippen LogP contribution in [0.3, 0.4) is 0 Å². The average Bonchev–Trinajstić information content (AvgIpc) is 3.77. The first kappa shape index (κ1) is 30.6. The summed E-state index contributed by atoms with van der Waals surface area (Å²) in [4.78, 5) is 28.3. The first-order chi connectivity index (χ1) is 22.5. The van der Waals surface area contributed by atoms with Crippen molar-refractivity contribution < 1.29 is 40.4 Å². The van der Waals surface area contributed by atoms with Crippen molar-refractivity contribution in [3.63, 3.8) is 0 Å². The van der Waals surface area contributed by atoms with E-state index in [0.29, 0.717) is 29.9 Å². The Kier molecular flexibility index (Phi) is 7.20. The normalized spacial score (nSPS) is 25.4. The fraction of sp³-hybridized carbons (Fsp3) is 0.333. The smallest absolute Gasteiger partial charge is 0.411 e. The molecule has 2 saturated heterocycles. The van der Waals surface area contributed by atoms with Crippen molar-refractivity contribution in [2.24, 2.45) is 10.2 Å². The number of para-hydroxylation sites is 3. The highest BCUT2D eigenvalue weighted by Crippen LogP contribution is 2.53. The molecule has 4 aliphatic rings. The summed E-state index contributed by atoms with van der Waals surface area (Å²) in [6.45, 7) is 0.426. The molecular formula is C30H29F2N7O7S. The minimum atomic E-state index is -4.89. The molecule has 0 bridgehead atoms. The Hall–Kier alpha value is -5.03. The van der Waals surface area contributed by atoms with Gasteiger partial charge in [-0.15, -0.1) is 0 Å². The molecule has 2 fully saturated rings. The Morgan fingerprint density at radius 3 is 2.23 bits per heavy atom. The number of methoxy groups -OCH3 is 2. The van der Waals surface area contributed by atoms with Gasteiger partial charge in [0.15, 0.2) is 11.6 Å². The topological polar surface area (TPSA) is 163 Å². The van der Waals surface area contributed by atoms with Gasteiger partial charge in [-0.3, -0.25) is 9.80 Å². The van der Waals surface area contributed by atoms with Gasteiger partial charge in [0, 0.05) is 36.3 Å². The highest BCUT2D eigenvalue weighted by Gasteiger charge is 2.59. The highest BCUT2D eigenvalue weighted by molar-refractivity contribution is 7.85. The van der Waals surface area contributed by atoms with Crippen LogP contribution in [0.1, 0.15) is 24.0 Å². The summed E-state index contributed by atoms with van der Waals surface area (Å²) in [5.74, 6) is -3.52. The third-order valence-corrected chi connectivity index (χ3v) is 10.1. The molecule has 0 saturated carbocycles. The Morgan fingerprint density at radius 1 is 0.872 bits per heavy atom. The molecule has 4 heterocycles. The number of ether oxygens (including phenoxy) is 2. The number of hydrogen-bond acceptors (Lipinski definition) is 11. The van der Waals surface area contributed by atoms with Crippen LogP contribution in [0.4, 0.5) is 35.4 Å². The number of azo groups is 1. The quantitative estimate of drug-likeness (QED) is 0.321. The van der Waals surface area contributed by atoms with Gasteiger partial charge in [0.05, 0.1) is 19.9 Å². The van der Waals surface area contributed by atoms with E-state index in [1.54, 1.807) is 23.1 Å². The number of nitrogens with zero attached hydrogens (tertiary/aromatic N) is 4. The summed E-state index contributed by atoms with van der Waals surface area (Å²) in [6, 6.07) is 15.3. The zero-order valence-electron chi connectivity index (χ0n) is 25.1. The molecule has 3 aromatic rings. The van der Waals surface area contributed by atoms with Crippen molar-refractivity contribution in [3.05, 3.63) is 83.4 Å². The lowest BCUT2D eigenvalue weighted by Crippen LogP contribution is -2.55. The summed E-state index contributed by atoms with van der Waals surface area (Å²) in [5.41, 5.74) is 0.206. The summed E-state index contributed by atoms with van der Waals surface area (Å²) < 4.78 is 72.8. The lowest BCUT2D eigenvalue weighted by Gasteiger charge is -2.32. The number of nitrogens with one attached hydrogen (secondary N) is 3. The van der Waals surface area contributed by atoms with Crippen LogP contribution in [0.25, 0.3) is 0 Å². The molecule has 0 aromatic heterocycles. The SMILES string of the molecule is COC(=O)N1CC[C@]2(/N=N/c3cccc4c3NC3N(C(=O)OC)CC[C@@]43NS(=O)(=O)Oc3c(F)cccc3F)c3ccccc3NC12. The third-order valence-electron chi connectivity index (χ3n) is 9.09. The fourth-order valence-corrected chi connectivity index (χ4v) is 8.22. The maximum absolute atomic E-state index is 14.4. The van der Waals surface area contributed by atoms with Gasteiger partial charge in [-0.25, -0.2) is 18.4 Å². The van der Waals surface area contributed by atoms with Crippen molar-refractivity contribution in [1.82, 2.24) is 14.5 Å². The van der Waals surface area contributed by atoms with Gasteiger partial charge in [0.2, 0.25) is 5.75 Å². The van der Waals surface area contributed by atoms with Gasteiger partial charge in [0.1, 0.15) is 29.1 Å². The third kappa shape index (κ3) is 4.71. The standard InChI is InChI=1S/C30H29F2N7O7S/c1-44-27(40)38-15-13-29(17-7-3-4-11-21(17)33-25(29)38)36-35-22-12-5-8-18-23(22)34-26-30(18,14-16-39(26)28(41)45-2)37-47(42,43)46-24-19(31)9-6-10-20(24)32/h3-12,25-26,33-34,37H,13-16H2,1-2H3/b36-35+/t25?,26?,29-,30+/m0/s1. The molecule has 4 aliphatic heterocycles. The molecule has 0 spiro atoms.